The summed E-state index contributed by atoms with van der Waals surface area (Å²) in [5, 5.41) is 6.84. The van der Waals surface area contributed by atoms with Crippen LogP contribution in [0, 0.1) is 0 Å². The van der Waals surface area contributed by atoms with E-state index in [1.165, 1.54) is 18.4 Å². The molecule has 0 spiro atoms. The van der Waals surface area contributed by atoms with Gasteiger partial charge in [-0.2, -0.15) is 5.10 Å². The molecular formula is C21H30N4O2. The highest BCUT2D eigenvalue weighted by molar-refractivity contribution is 5.88. The molecule has 2 heterocycles. The van der Waals surface area contributed by atoms with Crippen LogP contribution in [0.3, 0.4) is 0 Å². The number of benzene rings is 1. The molecule has 1 atom stereocenters. The molecular weight excluding hydrogens is 340 g/mol. The third-order valence-electron chi connectivity index (χ3n) is 5.29. The van der Waals surface area contributed by atoms with Crippen LogP contribution in [0.2, 0.25) is 0 Å². The molecule has 6 heteroatoms. The van der Waals surface area contributed by atoms with E-state index in [1.807, 2.05) is 6.92 Å². The maximum atomic E-state index is 12.0. The summed E-state index contributed by atoms with van der Waals surface area (Å²) in [6.07, 6.45) is 5.21. The summed E-state index contributed by atoms with van der Waals surface area (Å²) in [4.78, 5) is 16.9. The maximum absolute atomic E-state index is 12.0. The first-order chi connectivity index (χ1) is 13.2. The van der Waals surface area contributed by atoms with Gasteiger partial charge < -0.3 is 9.64 Å². The van der Waals surface area contributed by atoms with Crippen LogP contribution >= 0.6 is 0 Å². The Hall–Kier alpha value is -2.18. The highest BCUT2D eigenvalue weighted by atomic mass is 16.5. The fourth-order valence-corrected chi connectivity index (χ4v) is 3.72. The van der Waals surface area contributed by atoms with Gasteiger partial charge in [-0.05, 0) is 45.3 Å². The Morgan fingerprint density at radius 2 is 2.19 bits per heavy atom. The Balaban J connectivity index is 1.53. The van der Waals surface area contributed by atoms with Crippen LogP contribution in [0.1, 0.15) is 41.4 Å². The number of piperidine rings is 1. The lowest BCUT2D eigenvalue weighted by Gasteiger charge is -2.37. The molecule has 6 nitrogen and oxygen atoms in total. The standard InChI is InChI=1S/C21H30N4O2/c1-3-27-21(26)20-18(14-22-23-20)15-25-12-7-10-19(16-25)24(2)13-11-17-8-5-4-6-9-17/h4-6,8-9,14,19H,3,7,10-13,15-16H2,1-2H3,(H,22,23)/t19-/m1/s1. The number of aromatic nitrogens is 2. The molecule has 1 aliphatic heterocycles. The minimum absolute atomic E-state index is 0.321. The lowest BCUT2D eigenvalue weighted by Crippen LogP contribution is -2.46. The molecule has 1 fully saturated rings. The summed E-state index contributed by atoms with van der Waals surface area (Å²) in [5.41, 5.74) is 2.78. The number of aromatic amines is 1. The molecule has 0 amide bonds. The lowest BCUT2D eigenvalue weighted by atomic mass is 10.0. The highest BCUT2D eigenvalue weighted by Gasteiger charge is 2.25. The second-order valence-corrected chi connectivity index (χ2v) is 7.24. The number of H-pyrrole nitrogens is 1. The molecule has 1 saturated heterocycles. The van der Waals surface area contributed by atoms with Crippen LogP contribution in [-0.4, -0.2) is 65.3 Å². The van der Waals surface area contributed by atoms with E-state index in [0.717, 1.165) is 38.2 Å². The molecule has 1 aromatic carbocycles. The molecule has 2 aromatic rings. The SMILES string of the molecule is CCOC(=O)c1[nH]ncc1CN1CCC[C@@H](N(C)CCc2ccccc2)C1. The smallest absolute Gasteiger partial charge is 0.356 e. The average molecular weight is 370 g/mol. The average Bonchev–Trinajstić information content (AvgIpc) is 3.15. The summed E-state index contributed by atoms with van der Waals surface area (Å²) < 4.78 is 5.11. The van der Waals surface area contributed by atoms with Crippen molar-refractivity contribution >= 4 is 5.97 Å². The predicted molar refractivity (Wildman–Crippen MR) is 106 cm³/mol. The van der Waals surface area contributed by atoms with Crippen molar-refractivity contribution in [2.24, 2.45) is 0 Å². The summed E-state index contributed by atoms with van der Waals surface area (Å²) in [7, 11) is 2.22. The van der Waals surface area contributed by atoms with Gasteiger partial charge in [-0.3, -0.25) is 10.00 Å². The van der Waals surface area contributed by atoms with E-state index < -0.39 is 0 Å². The number of esters is 1. The maximum Gasteiger partial charge on any atom is 0.356 e. The van der Waals surface area contributed by atoms with Crippen LogP contribution < -0.4 is 0 Å². The number of likely N-dealkylation sites (N-methyl/N-ethyl adjacent to an activating group) is 1. The first-order valence-corrected chi connectivity index (χ1v) is 9.83. The summed E-state index contributed by atoms with van der Waals surface area (Å²) >= 11 is 0. The Kier molecular flexibility index (Phi) is 7.01. The monoisotopic (exact) mass is 370 g/mol. The second-order valence-electron chi connectivity index (χ2n) is 7.24. The number of nitrogens with one attached hydrogen (secondary N) is 1. The van der Waals surface area contributed by atoms with Crippen molar-refractivity contribution in [2.45, 2.75) is 38.8 Å². The molecule has 0 radical (unpaired) electrons. The van der Waals surface area contributed by atoms with Gasteiger partial charge in [0.05, 0.1) is 12.8 Å². The minimum Gasteiger partial charge on any atom is -0.461 e. The highest BCUT2D eigenvalue weighted by Crippen LogP contribution is 2.19. The molecule has 3 rings (SSSR count). The summed E-state index contributed by atoms with van der Waals surface area (Å²) in [6.45, 7) is 6.04. The Bertz CT molecular complexity index is 716. The van der Waals surface area contributed by atoms with Crippen LogP contribution in [-0.2, 0) is 17.7 Å². The fraction of sp³-hybridized carbons (Fsp3) is 0.524. The van der Waals surface area contributed by atoms with E-state index in [1.54, 1.807) is 6.20 Å². The summed E-state index contributed by atoms with van der Waals surface area (Å²) in [6, 6.07) is 11.2. The van der Waals surface area contributed by atoms with Gasteiger partial charge in [0.1, 0.15) is 5.69 Å². The van der Waals surface area contributed by atoms with E-state index in [2.05, 4.69) is 57.4 Å². The van der Waals surface area contributed by atoms with Crippen molar-refractivity contribution in [1.82, 2.24) is 20.0 Å². The number of hydrogen-bond acceptors (Lipinski definition) is 5. The number of rotatable bonds is 8. The normalized spacial score (nSPS) is 18.0. The number of hydrogen-bond donors (Lipinski definition) is 1. The largest absolute Gasteiger partial charge is 0.461 e. The van der Waals surface area contributed by atoms with Gasteiger partial charge in [-0.1, -0.05) is 30.3 Å². The molecule has 1 aliphatic rings. The van der Waals surface area contributed by atoms with Crippen molar-refractivity contribution in [3.05, 3.63) is 53.3 Å². The second kappa shape index (κ2) is 9.67. The predicted octanol–water partition coefficient (Wildman–Crippen LogP) is 2.73. The number of likely N-dealkylation sites (tertiary alicyclic amines) is 1. The van der Waals surface area contributed by atoms with Crippen LogP contribution in [0.5, 0.6) is 0 Å². The molecule has 0 saturated carbocycles. The summed E-state index contributed by atoms with van der Waals surface area (Å²) in [5.74, 6) is -0.321. The number of carbonyl (C=O) groups excluding carboxylic acids is 1. The topological polar surface area (TPSA) is 61.5 Å². The van der Waals surface area contributed by atoms with Crippen molar-refractivity contribution in [3.63, 3.8) is 0 Å². The zero-order valence-electron chi connectivity index (χ0n) is 16.4. The van der Waals surface area contributed by atoms with E-state index in [-0.39, 0.29) is 5.97 Å². The zero-order chi connectivity index (χ0) is 19.1. The number of nitrogens with zero attached hydrogens (tertiary/aromatic N) is 3. The number of carbonyl (C=O) groups is 1. The molecule has 1 N–H and O–H groups in total. The zero-order valence-corrected chi connectivity index (χ0v) is 16.4. The fourth-order valence-electron chi connectivity index (χ4n) is 3.72. The lowest BCUT2D eigenvalue weighted by molar-refractivity contribution is 0.0515. The van der Waals surface area contributed by atoms with Gasteiger partial charge in [0.2, 0.25) is 0 Å². The van der Waals surface area contributed by atoms with Crippen molar-refractivity contribution in [1.29, 1.82) is 0 Å². The van der Waals surface area contributed by atoms with E-state index in [0.29, 0.717) is 18.3 Å². The Labute approximate surface area is 161 Å². The Morgan fingerprint density at radius 3 is 2.96 bits per heavy atom. The molecule has 1 aromatic heterocycles. The van der Waals surface area contributed by atoms with Gasteiger partial charge in [-0.25, -0.2) is 4.79 Å². The third kappa shape index (κ3) is 5.40. The van der Waals surface area contributed by atoms with Crippen molar-refractivity contribution < 1.29 is 9.53 Å². The van der Waals surface area contributed by atoms with Gasteiger partial charge >= 0.3 is 5.97 Å². The van der Waals surface area contributed by atoms with Gasteiger partial charge in [0.25, 0.3) is 0 Å². The quantitative estimate of drug-likeness (QED) is 0.724. The van der Waals surface area contributed by atoms with Crippen molar-refractivity contribution in [2.75, 3.05) is 33.3 Å². The van der Waals surface area contributed by atoms with E-state index >= 15 is 0 Å². The van der Waals surface area contributed by atoms with Gasteiger partial charge in [0, 0.05) is 31.2 Å². The Morgan fingerprint density at radius 1 is 1.37 bits per heavy atom. The number of ether oxygens (including phenoxy) is 1. The first-order valence-electron chi connectivity index (χ1n) is 9.83. The first kappa shape index (κ1) is 19.6. The van der Waals surface area contributed by atoms with E-state index in [9.17, 15) is 4.79 Å². The van der Waals surface area contributed by atoms with E-state index in [4.69, 9.17) is 4.74 Å². The van der Waals surface area contributed by atoms with Gasteiger partial charge in [0.15, 0.2) is 0 Å². The van der Waals surface area contributed by atoms with Crippen LogP contribution in [0.15, 0.2) is 36.5 Å². The third-order valence-corrected chi connectivity index (χ3v) is 5.29. The van der Waals surface area contributed by atoms with Crippen molar-refractivity contribution in [3.8, 4) is 0 Å². The van der Waals surface area contributed by atoms with Crippen LogP contribution in [0.25, 0.3) is 0 Å². The molecule has 146 valence electrons. The molecule has 27 heavy (non-hydrogen) atoms. The molecule has 0 unspecified atom stereocenters. The molecule has 0 bridgehead atoms. The van der Waals surface area contributed by atoms with Gasteiger partial charge in [-0.15, -0.1) is 0 Å². The van der Waals surface area contributed by atoms with Crippen LogP contribution in [0.4, 0.5) is 0 Å². The molecule has 0 aliphatic carbocycles. The minimum atomic E-state index is -0.321.